The molecule has 0 aliphatic carbocycles. The number of ketones is 1. The van der Waals surface area contributed by atoms with E-state index in [0.717, 1.165) is 12.1 Å². The Kier molecular flexibility index (Phi) is 4.34. The van der Waals surface area contributed by atoms with Gasteiger partial charge < -0.3 is 9.84 Å². The van der Waals surface area contributed by atoms with Crippen molar-refractivity contribution in [2.24, 2.45) is 0 Å². The lowest BCUT2D eigenvalue weighted by molar-refractivity contribution is 0.0918. The van der Waals surface area contributed by atoms with Crippen LogP contribution in [0.25, 0.3) is 0 Å². The number of rotatable bonds is 4. The fraction of sp³-hybridized carbons (Fsp3) is 0.0714. The van der Waals surface area contributed by atoms with E-state index in [4.69, 9.17) is 9.84 Å². The van der Waals surface area contributed by atoms with Gasteiger partial charge in [-0.05, 0) is 36.4 Å². The fourth-order valence-corrected chi connectivity index (χ4v) is 1.83. The van der Waals surface area contributed by atoms with Crippen LogP contribution in [0.1, 0.15) is 10.4 Å². The molecule has 0 aliphatic heterocycles. The van der Waals surface area contributed by atoms with Gasteiger partial charge in [0, 0.05) is 10.0 Å². The number of halogens is 3. The summed E-state index contributed by atoms with van der Waals surface area (Å²) in [5.41, 5.74) is 0.0396. The van der Waals surface area contributed by atoms with Crippen molar-refractivity contribution in [2.45, 2.75) is 0 Å². The van der Waals surface area contributed by atoms with E-state index in [1.807, 2.05) is 0 Å². The normalized spacial score (nSPS) is 10.3. The van der Waals surface area contributed by atoms with Crippen molar-refractivity contribution < 1.29 is 23.4 Å². The number of carbonyl (C=O) groups excluding carboxylic acids is 1. The number of phenolic OH excluding ortho intramolecular Hbond substituents is 1. The van der Waals surface area contributed by atoms with E-state index < -0.39 is 29.8 Å². The number of aromatic hydroxyl groups is 1. The number of benzene rings is 2. The summed E-state index contributed by atoms with van der Waals surface area (Å²) < 4.78 is 32.2. The lowest BCUT2D eigenvalue weighted by Gasteiger charge is -2.07. The minimum Gasteiger partial charge on any atom is -0.505 e. The summed E-state index contributed by atoms with van der Waals surface area (Å²) in [6, 6.07) is 7.40. The summed E-state index contributed by atoms with van der Waals surface area (Å²) in [7, 11) is 0. The summed E-state index contributed by atoms with van der Waals surface area (Å²) in [6.45, 7) is -0.428. The van der Waals surface area contributed by atoms with Gasteiger partial charge in [0.05, 0.1) is 0 Å². The Labute approximate surface area is 121 Å². The van der Waals surface area contributed by atoms with Crippen molar-refractivity contribution in [1.29, 1.82) is 0 Å². The maximum absolute atomic E-state index is 13.5. The maximum Gasteiger partial charge on any atom is 0.200 e. The molecule has 0 unspecified atom stereocenters. The highest BCUT2D eigenvalue weighted by Crippen LogP contribution is 2.22. The van der Waals surface area contributed by atoms with Crippen LogP contribution in [-0.4, -0.2) is 17.5 Å². The van der Waals surface area contributed by atoms with Crippen LogP contribution in [0.4, 0.5) is 8.78 Å². The topological polar surface area (TPSA) is 46.5 Å². The van der Waals surface area contributed by atoms with E-state index in [1.165, 1.54) is 18.2 Å². The smallest absolute Gasteiger partial charge is 0.200 e. The van der Waals surface area contributed by atoms with Crippen LogP contribution in [0.3, 0.4) is 0 Å². The summed E-state index contributed by atoms with van der Waals surface area (Å²) in [6.07, 6.45) is 0. The Morgan fingerprint density at radius 3 is 2.55 bits per heavy atom. The van der Waals surface area contributed by atoms with Gasteiger partial charge in [0.15, 0.2) is 35.5 Å². The predicted octanol–water partition coefficient (Wildman–Crippen LogP) is 3.69. The van der Waals surface area contributed by atoms with Gasteiger partial charge in [-0.15, -0.1) is 0 Å². The monoisotopic (exact) mass is 342 g/mol. The zero-order valence-electron chi connectivity index (χ0n) is 10.1. The highest BCUT2D eigenvalue weighted by atomic mass is 79.9. The molecule has 0 spiro atoms. The molecule has 104 valence electrons. The van der Waals surface area contributed by atoms with Crippen LogP contribution >= 0.6 is 15.9 Å². The summed E-state index contributed by atoms with van der Waals surface area (Å²) in [5.74, 6) is -2.64. The second kappa shape index (κ2) is 6.00. The van der Waals surface area contributed by atoms with E-state index in [0.29, 0.717) is 4.47 Å². The molecule has 6 heteroatoms. The Balaban J connectivity index is 2.06. The SMILES string of the molecule is O=C(COc1ccc(Br)cc1F)c1ccc(O)c(F)c1. The van der Waals surface area contributed by atoms with Crippen molar-refractivity contribution in [3.05, 3.63) is 58.1 Å². The lowest BCUT2D eigenvalue weighted by atomic mass is 10.1. The van der Waals surface area contributed by atoms with Crippen LogP contribution in [0.15, 0.2) is 40.9 Å². The molecule has 2 aromatic rings. The molecular weight excluding hydrogens is 334 g/mol. The Morgan fingerprint density at radius 2 is 1.90 bits per heavy atom. The number of hydrogen-bond donors (Lipinski definition) is 1. The predicted molar refractivity (Wildman–Crippen MR) is 72.0 cm³/mol. The average Bonchev–Trinajstić information content (AvgIpc) is 2.40. The van der Waals surface area contributed by atoms with Crippen molar-refractivity contribution >= 4 is 21.7 Å². The minimum absolute atomic E-state index is 0.0396. The number of carbonyl (C=O) groups is 1. The van der Waals surface area contributed by atoms with Gasteiger partial charge in [-0.1, -0.05) is 15.9 Å². The third-order valence-corrected chi connectivity index (χ3v) is 3.02. The molecule has 0 atom stereocenters. The van der Waals surface area contributed by atoms with E-state index in [1.54, 1.807) is 6.07 Å². The van der Waals surface area contributed by atoms with Gasteiger partial charge in [0.1, 0.15) is 0 Å². The molecule has 0 amide bonds. The first-order chi connectivity index (χ1) is 9.47. The first-order valence-electron chi connectivity index (χ1n) is 5.57. The Morgan fingerprint density at radius 1 is 1.15 bits per heavy atom. The van der Waals surface area contributed by atoms with E-state index in [2.05, 4.69) is 15.9 Å². The fourth-order valence-electron chi connectivity index (χ4n) is 1.50. The largest absolute Gasteiger partial charge is 0.505 e. The quantitative estimate of drug-likeness (QED) is 0.862. The first-order valence-corrected chi connectivity index (χ1v) is 6.36. The third-order valence-electron chi connectivity index (χ3n) is 2.52. The van der Waals surface area contributed by atoms with Crippen LogP contribution in [0.5, 0.6) is 11.5 Å². The zero-order valence-corrected chi connectivity index (χ0v) is 11.7. The van der Waals surface area contributed by atoms with Crippen LogP contribution in [0, 0.1) is 11.6 Å². The van der Waals surface area contributed by atoms with Crippen molar-refractivity contribution in [3.8, 4) is 11.5 Å². The molecule has 0 bridgehead atoms. The summed E-state index contributed by atoms with van der Waals surface area (Å²) in [4.78, 5) is 11.8. The molecule has 0 heterocycles. The first kappa shape index (κ1) is 14.5. The second-order valence-electron chi connectivity index (χ2n) is 3.95. The Bertz CT molecular complexity index is 659. The molecule has 0 fully saturated rings. The third kappa shape index (κ3) is 3.33. The van der Waals surface area contributed by atoms with Crippen molar-refractivity contribution in [3.63, 3.8) is 0 Å². The molecular formula is C14H9BrF2O3. The number of ether oxygens (including phenoxy) is 1. The van der Waals surface area contributed by atoms with E-state index in [9.17, 15) is 13.6 Å². The minimum atomic E-state index is -0.898. The van der Waals surface area contributed by atoms with Gasteiger partial charge >= 0.3 is 0 Å². The van der Waals surface area contributed by atoms with Crippen LogP contribution < -0.4 is 4.74 Å². The van der Waals surface area contributed by atoms with Crippen LogP contribution in [0.2, 0.25) is 0 Å². The number of hydrogen-bond acceptors (Lipinski definition) is 3. The lowest BCUT2D eigenvalue weighted by Crippen LogP contribution is -2.12. The molecule has 0 saturated heterocycles. The van der Waals surface area contributed by atoms with Gasteiger partial charge in [-0.3, -0.25) is 4.79 Å². The molecule has 2 aromatic carbocycles. The zero-order chi connectivity index (χ0) is 14.7. The van der Waals surface area contributed by atoms with Gasteiger partial charge in [-0.25, -0.2) is 8.78 Å². The van der Waals surface area contributed by atoms with Gasteiger partial charge in [0.25, 0.3) is 0 Å². The standard InChI is InChI=1S/C14H9BrF2O3/c15-9-2-4-14(11(17)6-9)20-7-13(19)8-1-3-12(18)10(16)5-8/h1-6,18H,7H2. The highest BCUT2D eigenvalue weighted by Gasteiger charge is 2.12. The molecule has 1 N–H and O–H groups in total. The van der Waals surface area contributed by atoms with Gasteiger partial charge in [0.2, 0.25) is 0 Å². The summed E-state index contributed by atoms with van der Waals surface area (Å²) >= 11 is 3.10. The number of Topliss-reactive ketones (excluding diaryl/α,β-unsaturated/α-hetero) is 1. The number of phenols is 1. The molecule has 3 nitrogen and oxygen atoms in total. The van der Waals surface area contributed by atoms with Crippen molar-refractivity contribution in [1.82, 2.24) is 0 Å². The van der Waals surface area contributed by atoms with Gasteiger partial charge in [-0.2, -0.15) is 0 Å². The maximum atomic E-state index is 13.5. The Hall–Kier alpha value is -1.95. The molecule has 20 heavy (non-hydrogen) atoms. The highest BCUT2D eigenvalue weighted by molar-refractivity contribution is 9.10. The molecule has 0 aliphatic rings. The molecule has 2 rings (SSSR count). The van der Waals surface area contributed by atoms with Crippen molar-refractivity contribution in [2.75, 3.05) is 6.61 Å². The second-order valence-corrected chi connectivity index (χ2v) is 4.87. The van der Waals surface area contributed by atoms with E-state index >= 15 is 0 Å². The molecule has 0 saturated carbocycles. The van der Waals surface area contributed by atoms with E-state index in [-0.39, 0.29) is 11.3 Å². The molecule has 0 radical (unpaired) electrons. The summed E-state index contributed by atoms with van der Waals surface area (Å²) in [5, 5.41) is 9.02. The average molecular weight is 343 g/mol. The van der Waals surface area contributed by atoms with Crippen LogP contribution in [-0.2, 0) is 0 Å². The molecule has 0 aromatic heterocycles.